The minimum atomic E-state index is 0.0345. The number of rotatable bonds is 5. The maximum Gasteiger partial charge on any atom is 0.234 e. The van der Waals surface area contributed by atoms with Crippen LogP contribution in [0, 0.1) is 5.92 Å². The topological polar surface area (TPSA) is 55.1 Å². The molecule has 94 valence electrons. The molecule has 0 fully saturated rings. The van der Waals surface area contributed by atoms with Crippen LogP contribution in [0.5, 0.6) is 0 Å². The van der Waals surface area contributed by atoms with E-state index in [1.54, 1.807) is 23.9 Å². The second-order valence-electron chi connectivity index (χ2n) is 4.43. The smallest absolute Gasteiger partial charge is 0.234 e. The van der Waals surface area contributed by atoms with Gasteiger partial charge in [-0.15, -0.1) is 11.8 Å². The van der Waals surface area contributed by atoms with Gasteiger partial charge in [-0.05, 0) is 30.2 Å². The second kappa shape index (κ2) is 6.55. The van der Waals surface area contributed by atoms with Crippen LogP contribution in [0.1, 0.15) is 20.8 Å². The van der Waals surface area contributed by atoms with Gasteiger partial charge in [-0.2, -0.15) is 0 Å². The zero-order chi connectivity index (χ0) is 12.8. The van der Waals surface area contributed by atoms with Gasteiger partial charge in [0.05, 0.1) is 5.75 Å². The van der Waals surface area contributed by atoms with Crippen LogP contribution in [0.4, 0.5) is 11.4 Å². The summed E-state index contributed by atoms with van der Waals surface area (Å²) < 4.78 is 0. The van der Waals surface area contributed by atoms with Gasteiger partial charge in [-0.3, -0.25) is 4.79 Å². The van der Waals surface area contributed by atoms with Gasteiger partial charge in [0.25, 0.3) is 0 Å². The average Bonchev–Trinajstić information content (AvgIpc) is 2.29. The number of carbonyl (C=O) groups excluding carboxylic acids is 1. The molecular weight excluding hydrogens is 232 g/mol. The fraction of sp³-hybridized carbons (Fsp3) is 0.462. The molecule has 0 aliphatic carbocycles. The molecule has 0 saturated heterocycles. The van der Waals surface area contributed by atoms with E-state index in [4.69, 9.17) is 5.73 Å². The molecule has 1 unspecified atom stereocenters. The Bertz CT molecular complexity index is 362. The molecular formula is C13H20N2OS. The fourth-order valence-corrected chi connectivity index (χ4v) is 2.03. The Morgan fingerprint density at radius 2 is 1.88 bits per heavy atom. The van der Waals surface area contributed by atoms with Crippen molar-refractivity contribution in [3.63, 3.8) is 0 Å². The molecule has 3 nitrogen and oxygen atoms in total. The van der Waals surface area contributed by atoms with Crippen molar-refractivity contribution >= 4 is 29.0 Å². The van der Waals surface area contributed by atoms with Crippen LogP contribution in [0.15, 0.2) is 24.3 Å². The lowest BCUT2D eigenvalue weighted by molar-refractivity contribution is -0.113. The predicted octanol–water partition coefficient (Wildman–Crippen LogP) is 2.99. The number of nitrogens with two attached hydrogens (primary N) is 1. The van der Waals surface area contributed by atoms with Gasteiger partial charge in [0.2, 0.25) is 5.91 Å². The fourth-order valence-electron chi connectivity index (χ4n) is 1.16. The molecule has 0 bridgehead atoms. The van der Waals surface area contributed by atoms with Gasteiger partial charge in [0.15, 0.2) is 0 Å². The van der Waals surface area contributed by atoms with Gasteiger partial charge in [0.1, 0.15) is 0 Å². The second-order valence-corrected chi connectivity index (χ2v) is 5.80. The van der Waals surface area contributed by atoms with E-state index in [1.807, 2.05) is 12.1 Å². The van der Waals surface area contributed by atoms with Gasteiger partial charge >= 0.3 is 0 Å². The van der Waals surface area contributed by atoms with E-state index in [0.717, 1.165) is 5.69 Å². The summed E-state index contributed by atoms with van der Waals surface area (Å²) in [5.74, 6) is 1.11. The number of hydrogen-bond donors (Lipinski definition) is 2. The zero-order valence-electron chi connectivity index (χ0n) is 10.6. The van der Waals surface area contributed by atoms with Gasteiger partial charge in [0, 0.05) is 16.6 Å². The minimum Gasteiger partial charge on any atom is -0.399 e. The van der Waals surface area contributed by atoms with Crippen LogP contribution in [0.25, 0.3) is 0 Å². The molecule has 0 heterocycles. The van der Waals surface area contributed by atoms with Crippen LogP contribution >= 0.6 is 11.8 Å². The molecule has 1 atom stereocenters. The summed E-state index contributed by atoms with van der Waals surface area (Å²) in [6.45, 7) is 6.47. The largest absolute Gasteiger partial charge is 0.399 e. The molecule has 0 aliphatic rings. The molecule has 1 aromatic rings. The van der Waals surface area contributed by atoms with Crippen molar-refractivity contribution in [3.05, 3.63) is 24.3 Å². The Morgan fingerprint density at radius 1 is 1.29 bits per heavy atom. The highest BCUT2D eigenvalue weighted by Crippen LogP contribution is 2.19. The molecule has 17 heavy (non-hydrogen) atoms. The lowest BCUT2D eigenvalue weighted by Gasteiger charge is -2.14. The van der Waals surface area contributed by atoms with Crippen LogP contribution in [-0.4, -0.2) is 16.9 Å². The van der Waals surface area contributed by atoms with Crippen molar-refractivity contribution in [1.29, 1.82) is 0 Å². The normalized spacial score (nSPS) is 12.5. The molecule has 0 radical (unpaired) electrons. The van der Waals surface area contributed by atoms with E-state index in [1.165, 1.54) is 0 Å². The van der Waals surface area contributed by atoms with Crippen molar-refractivity contribution in [2.75, 3.05) is 16.8 Å². The third-order valence-corrected chi connectivity index (χ3v) is 4.11. The minimum absolute atomic E-state index is 0.0345. The predicted molar refractivity (Wildman–Crippen MR) is 76.2 cm³/mol. The van der Waals surface area contributed by atoms with Crippen molar-refractivity contribution < 1.29 is 4.79 Å². The van der Waals surface area contributed by atoms with Crippen LogP contribution in [0.3, 0.4) is 0 Å². The average molecular weight is 252 g/mol. The van der Waals surface area contributed by atoms with E-state index < -0.39 is 0 Å². The number of nitrogen functional groups attached to an aromatic ring is 1. The summed E-state index contributed by atoms with van der Waals surface area (Å²) in [5, 5.41) is 3.34. The summed E-state index contributed by atoms with van der Waals surface area (Å²) in [4.78, 5) is 11.7. The van der Waals surface area contributed by atoms with Gasteiger partial charge in [-0.25, -0.2) is 0 Å². The Balaban J connectivity index is 2.37. The van der Waals surface area contributed by atoms with Crippen LogP contribution < -0.4 is 11.1 Å². The van der Waals surface area contributed by atoms with Crippen LogP contribution in [0.2, 0.25) is 0 Å². The SMILES string of the molecule is CC(C)C(C)SCC(=O)Nc1ccc(N)cc1. The summed E-state index contributed by atoms with van der Waals surface area (Å²) in [5.41, 5.74) is 7.07. The summed E-state index contributed by atoms with van der Waals surface area (Å²) in [6, 6.07) is 7.17. The van der Waals surface area contributed by atoms with Crippen molar-refractivity contribution in [2.45, 2.75) is 26.0 Å². The molecule has 3 N–H and O–H groups in total. The molecule has 0 aliphatic heterocycles. The van der Waals surface area contributed by atoms with E-state index in [0.29, 0.717) is 22.6 Å². The first-order chi connectivity index (χ1) is 7.99. The molecule has 1 rings (SSSR count). The van der Waals surface area contributed by atoms with E-state index in [-0.39, 0.29) is 5.91 Å². The van der Waals surface area contributed by atoms with Crippen molar-refractivity contribution in [1.82, 2.24) is 0 Å². The Labute approximate surface area is 107 Å². The number of carbonyl (C=O) groups is 1. The molecule has 0 aromatic heterocycles. The van der Waals surface area contributed by atoms with Gasteiger partial charge in [-0.1, -0.05) is 20.8 Å². The quantitative estimate of drug-likeness (QED) is 0.792. The third-order valence-electron chi connectivity index (χ3n) is 2.61. The maximum absolute atomic E-state index is 11.7. The Hall–Kier alpha value is -1.16. The molecule has 4 heteroatoms. The van der Waals surface area contributed by atoms with E-state index in [9.17, 15) is 4.79 Å². The summed E-state index contributed by atoms with van der Waals surface area (Å²) >= 11 is 1.68. The van der Waals surface area contributed by atoms with Gasteiger partial charge < -0.3 is 11.1 Å². The first-order valence-corrected chi connectivity index (χ1v) is 6.81. The number of hydrogen-bond acceptors (Lipinski definition) is 3. The lowest BCUT2D eigenvalue weighted by atomic mass is 10.2. The highest BCUT2D eigenvalue weighted by molar-refractivity contribution is 8.00. The lowest BCUT2D eigenvalue weighted by Crippen LogP contribution is -2.17. The first-order valence-electron chi connectivity index (χ1n) is 5.76. The van der Waals surface area contributed by atoms with E-state index in [2.05, 4.69) is 26.1 Å². The van der Waals surface area contributed by atoms with Crippen LogP contribution in [-0.2, 0) is 4.79 Å². The maximum atomic E-state index is 11.7. The van der Waals surface area contributed by atoms with E-state index >= 15 is 0 Å². The molecule has 1 aromatic carbocycles. The van der Waals surface area contributed by atoms with Crippen molar-refractivity contribution in [3.8, 4) is 0 Å². The highest BCUT2D eigenvalue weighted by atomic mass is 32.2. The Kier molecular flexibility index (Phi) is 5.35. The molecule has 1 amide bonds. The molecule has 0 saturated carbocycles. The van der Waals surface area contributed by atoms with Crippen molar-refractivity contribution in [2.24, 2.45) is 5.92 Å². The number of anilines is 2. The number of nitrogens with one attached hydrogen (secondary N) is 1. The first kappa shape index (κ1) is 13.9. The molecule has 0 spiro atoms. The highest BCUT2D eigenvalue weighted by Gasteiger charge is 2.10. The standard InChI is InChI=1S/C13H20N2OS/c1-9(2)10(3)17-8-13(16)15-12-6-4-11(14)5-7-12/h4-7,9-10H,8,14H2,1-3H3,(H,15,16). The monoisotopic (exact) mass is 252 g/mol. The number of thioether (sulfide) groups is 1. The summed E-state index contributed by atoms with van der Waals surface area (Å²) in [7, 11) is 0. The zero-order valence-corrected chi connectivity index (χ0v) is 11.4. The Morgan fingerprint density at radius 3 is 2.41 bits per heavy atom. The third kappa shape index (κ3) is 5.13. The number of amides is 1. The number of benzene rings is 1. The summed E-state index contributed by atoms with van der Waals surface area (Å²) in [6.07, 6.45) is 0.